The van der Waals surface area contributed by atoms with Crippen LogP contribution in [0.4, 0.5) is 0 Å². The van der Waals surface area contributed by atoms with Gasteiger partial charge in [0.15, 0.2) is 0 Å². The van der Waals surface area contributed by atoms with E-state index in [2.05, 4.69) is 0 Å². The molecule has 3 atom stereocenters. The van der Waals surface area contributed by atoms with E-state index in [1.807, 2.05) is 42.2 Å². The monoisotopic (exact) mass is 442 g/mol. The van der Waals surface area contributed by atoms with Crippen molar-refractivity contribution in [1.82, 2.24) is 9.21 Å². The minimum Gasteiger partial charge on any atom is -0.377 e. The van der Waals surface area contributed by atoms with E-state index in [1.165, 1.54) is 0 Å². The molecule has 31 heavy (non-hydrogen) atoms. The van der Waals surface area contributed by atoms with Crippen LogP contribution in [-0.4, -0.2) is 55.9 Å². The number of piperidine rings is 1. The van der Waals surface area contributed by atoms with Gasteiger partial charge in [-0.05, 0) is 43.9 Å². The van der Waals surface area contributed by atoms with Crippen LogP contribution in [0, 0.1) is 5.92 Å². The molecule has 166 valence electrons. The summed E-state index contributed by atoms with van der Waals surface area (Å²) in [6.07, 6.45) is 2.22. The fourth-order valence-electron chi connectivity index (χ4n) is 4.70. The maximum Gasteiger partial charge on any atom is 0.243 e. The molecule has 0 spiro atoms. The van der Waals surface area contributed by atoms with Gasteiger partial charge in [0.2, 0.25) is 15.9 Å². The highest BCUT2D eigenvalue weighted by molar-refractivity contribution is 7.89. The summed E-state index contributed by atoms with van der Waals surface area (Å²) in [5.74, 6) is -0.291. The number of sulfonamides is 1. The van der Waals surface area contributed by atoms with Gasteiger partial charge in [-0.2, -0.15) is 4.31 Å². The van der Waals surface area contributed by atoms with Crippen molar-refractivity contribution < 1.29 is 17.9 Å². The number of benzene rings is 2. The zero-order valence-corrected chi connectivity index (χ0v) is 18.7. The summed E-state index contributed by atoms with van der Waals surface area (Å²) >= 11 is 0. The highest BCUT2D eigenvalue weighted by Crippen LogP contribution is 2.38. The van der Waals surface area contributed by atoms with Crippen molar-refractivity contribution in [2.75, 3.05) is 26.2 Å². The number of hydrogen-bond donors (Lipinski definition) is 0. The van der Waals surface area contributed by atoms with Crippen molar-refractivity contribution >= 4 is 15.9 Å². The van der Waals surface area contributed by atoms with Crippen LogP contribution < -0.4 is 0 Å². The van der Waals surface area contributed by atoms with Crippen LogP contribution in [0.25, 0.3) is 0 Å². The number of carbonyl (C=O) groups excluding carboxylic acids is 1. The van der Waals surface area contributed by atoms with Crippen molar-refractivity contribution in [1.29, 1.82) is 0 Å². The topological polar surface area (TPSA) is 66.9 Å². The number of rotatable bonds is 6. The van der Waals surface area contributed by atoms with E-state index in [9.17, 15) is 13.2 Å². The number of carbonyl (C=O) groups is 1. The molecular formula is C24H30N2O4S. The Morgan fingerprint density at radius 3 is 2.32 bits per heavy atom. The van der Waals surface area contributed by atoms with E-state index >= 15 is 0 Å². The molecule has 2 aliphatic rings. The van der Waals surface area contributed by atoms with Gasteiger partial charge in [-0.15, -0.1) is 0 Å². The molecule has 2 aromatic rings. The number of amides is 1. The Labute approximate surface area is 184 Å². The molecule has 0 radical (unpaired) electrons. The lowest BCUT2D eigenvalue weighted by atomic mass is 9.90. The molecule has 2 aromatic carbocycles. The first-order chi connectivity index (χ1) is 15.0. The van der Waals surface area contributed by atoms with Crippen LogP contribution >= 0.6 is 0 Å². The van der Waals surface area contributed by atoms with Gasteiger partial charge in [-0.1, -0.05) is 48.5 Å². The van der Waals surface area contributed by atoms with E-state index in [4.69, 9.17) is 4.74 Å². The Morgan fingerprint density at radius 1 is 0.968 bits per heavy atom. The van der Waals surface area contributed by atoms with Crippen molar-refractivity contribution in [3.05, 3.63) is 66.2 Å². The van der Waals surface area contributed by atoms with Crippen LogP contribution in [0.3, 0.4) is 0 Å². The third kappa shape index (κ3) is 4.68. The summed E-state index contributed by atoms with van der Waals surface area (Å²) in [6.45, 7) is 4.06. The molecule has 0 aromatic heterocycles. The molecule has 0 bridgehead atoms. The maximum absolute atomic E-state index is 13.6. The van der Waals surface area contributed by atoms with Gasteiger partial charge in [0.1, 0.15) is 0 Å². The molecule has 1 amide bonds. The average Bonchev–Trinajstić information content (AvgIpc) is 3.28. The van der Waals surface area contributed by atoms with Crippen LogP contribution in [0.15, 0.2) is 65.6 Å². The van der Waals surface area contributed by atoms with Gasteiger partial charge in [-0.25, -0.2) is 8.42 Å². The molecular weight excluding hydrogens is 412 g/mol. The summed E-state index contributed by atoms with van der Waals surface area (Å²) in [5, 5.41) is 0. The van der Waals surface area contributed by atoms with Crippen molar-refractivity contribution in [2.24, 2.45) is 5.92 Å². The van der Waals surface area contributed by atoms with Gasteiger partial charge >= 0.3 is 0 Å². The van der Waals surface area contributed by atoms with Crippen LogP contribution in [0.2, 0.25) is 0 Å². The molecule has 2 fully saturated rings. The molecule has 0 saturated carbocycles. The smallest absolute Gasteiger partial charge is 0.243 e. The Morgan fingerprint density at radius 2 is 1.65 bits per heavy atom. The Kier molecular flexibility index (Phi) is 6.74. The summed E-state index contributed by atoms with van der Waals surface area (Å²) < 4.78 is 34.4. The van der Waals surface area contributed by atoms with Crippen molar-refractivity contribution in [3.8, 4) is 0 Å². The van der Waals surface area contributed by atoms with E-state index in [-0.39, 0.29) is 35.4 Å². The highest BCUT2D eigenvalue weighted by Gasteiger charge is 2.42. The first-order valence-corrected chi connectivity index (χ1v) is 12.5. The Balaban J connectivity index is 1.59. The van der Waals surface area contributed by atoms with E-state index < -0.39 is 10.0 Å². The predicted octanol–water partition coefficient (Wildman–Crippen LogP) is 3.47. The number of likely N-dealkylation sites (tertiary alicyclic amines) is 1. The number of hydrogen-bond acceptors (Lipinski definition) is 4. The lowest BCUT2D eigenvalue weighted by Gasteiger charge is -2.39. The minimum atomic E-state index is -3.73. The summed E-state index contributed by atoms with van der Waals surface area (Å²) in [6, 6.07) is 18.0. The van der Waals surface area contributed by atoms with Gasteiger partial charge in [0, 0.05) is 26.2 Å². The first kappa shape index (κ1) is 22.0. The molecule has 0 N–H and O–H groups in total. The van der Waals surface area contributed by atoms with Crippen molar-refractivity contribution in [3.63, 3.8) is 0 Å². The molecule has 2 heterocycles. The fraction of sp³-hybridized carbons (Fsp3) is 0.458. The summed E-state index contributed by atoms with van der Waals surface area (Å²) in [5.41, 5.74) is 0.963. The lowest BCUT2D eigenvalue weighted by Crippen LogP contribution is -2.47. The second kappa shape index (κ2) is 9.51. The summed E-state index contributed by atoms with van der Waals surface area (Å²) in [4.78, 5) is 15.4. The van der Waals surface area contributed by atoms with Crippen molar-refractivity contribution in [2.45, 2.75) is 43.2 Å². The first-order valence-electron chi connectivity index (χ1n) is 11.0. The number of ether oxygens (including phenoxy) is 1. The van der Waals surface area contributed by atoms with Crippen LogP contribution in [-0.2, 0) is 19.6 Å². The van der Waals surface area contributed by atoms with E-state index in [0.29, 0.717) is 32.5 Å². The molecule has 2 saturated heterocycles. The second-order valence-corrected chi connectivity index (χ2v) is 10.1. The maximum atomic E-state index is 13.6. The van der Waals surface area contributed by atoms with E-state index in [0.717, 1.165) is 12.0 Å². The highest BCUT2D eigenvalue weighted by atomic mass is 32.2. The zero-order valence-electron chi connectivity index (χ0n) is 17.9. The predicted molar refractivity (Wildman–Crippen MR) is 119 cm³/mol. The van der Waals surface area contributed by atoms with E-state index in [1.54, 1.807) is 34.6 Å². The quantitative estimate of drug-likeness (QED) is 0.687. The zero-order chi connectivity index (χ0) is 21.8. The van der Waals surface area contributed by atoms with Gasteiger partial charge in [-0.3, -0.25) is 4.79 Å². The minimum absolute atomic E-state index is 0.0435. The third-order valence-electron chi connectivity index (χ3n) is 6.28. The Bertz CT molecular complexity index is 981. The second-order valence-electron chi connectivity index (χ2n) is 8.24. The van der Waals surface area contributed by atoms with Gasteiger partial charge < -0.3 is 9.64 Å². The van der Waals surface area contributed by atoms with Gasteiger partial charge in [0.25, 0.3) is 0 Å². The molecule has 2 aliphatic heterocycles. The SMILES string of the molecule is CCOC1CCN(C(=O)C2CCC(c3ccccc3)N(S(=O)(=O)c3ccccc3)C2)C1. The third-order valence-corrected chi connectivity index (χ3v) is 8.17. The standard InChI is InChI=1S/C24H30N2O4S/c1-2-30-21-15-16-25(18-21)24(27)20-13-14-23(19-9-5-3-6-10-19)26(17-20)31(28,29)22-11-7-4-8-12-22/h3-12,20-21,23H,2,13-18H2,1H3. The average molecular weight is 443 g/mol. The molecule has 4 rings (SSSR count). The van der Waals surface area contributed by atoms with Gasteiger partial charge in [0.05, 0.1) is 23.0 Å². The fourth-order valence-corrected chi connectivity index (χ4v) is 6.41. The molecule has 0 aliphatic carbocycles. The summed E-state index contributed by atoms with van der Waals surface area (Å²) in [7, 11) is -3.73. The molecule has 6 nitrogen and oxygen atoms in total. The largest absolute Gasteiger partial charge is 0.377 e. The van der Waals surface area contributed by atoms with Crippen LogP contribution in [0.5, 0.6) is 0 Å². The lowest BCUT2D eigenvalue weighted by molar-refractivity contribution is -0.136. The van der Waals surface area contributed by atoms with Crippen LogP contribution in [0.1, 0.15) is 37.8 Å². The molecule has 7 heteroatoms. The number of nitrogens with zero attached hydrogens (tertiary/aromatic N) is 2. The molecule has 3 unspecified atom stereocenters. The Hall–Kier alpha value is -2.22. The normalized spacial score (nSPS) is 24.9.